The smallest absolute Gasteiger partial charge is 0.196 e. The molecule has 2 rings (SSSR count). The third kappa shape index (κ3) is 1.61. The molecule has 0 bridgehead atoms. The van der Waals surface area contributed by atoms with Crippen molar-refractivity contribution in [3.05, 3.63) is 11.8 Å². The van der Waals surface area contributed by atoms with Crippen LogP contribution < -0.4 is 0 Å². The maximum Gasteiger partial charge on any atom is 0.196 e. The summed E-state index contributed by atoms with van der Waals surface area (Å²) >= 11 is 1.82. The van der Waals surface area contributed by atoms with E-state index in [1.807, 2.05) is 11.8 Å². The van der Waals surface area contributed by atoms with E-state index < -0.39 is 0 Å². The standard InChI is InChI=1S/C12H19NOS/c1-3-10-9-13-8-6-5-7-12(13,11(10)14)15-4-2/h9H,3-8H2,1-2H3. The highest BCUT2D eigenvalue weighted by Gasteiger charge is 2.49. The van der Waals surface area contributed by atoms with Crippen molar-refractivity contribution in [3.8, 4) is 0 Å². The van der Waals surface area contributed by atoms with Crippen LogP contribution in [-0.4, -0.2) is 27.9 Å². The SMILES string of the molecule is CCSC12CCCCN1C=C(CC)C2=O. The topological polar surface area (TPSA) is 20.3 Å². The number of piperidine rings is 1. The third-order valence-corrected chi connectivity index (χ3v) is 4.74. The van der Waals surface area contributed by atoms with Crippen molar-refractivity contribution in [1.29, 1.82) is 0 Å². The van der Waals surface area contributed by atoms with Crippen LogP contribution in [0.5, 0.6) is 0 Å². The van der Waals surface area contributed by atoms with Gasteiger partial charge in [0, 0.05) is 18.3 Å². The summed E-state index contributed by atoms with van der Waals surface area (Å²) in [5, 5.41) is 0. The summed E-state index contributed by atoms with van der Waals surface area (Å²) < 4.78 is 0. The van der Waals surface area contributed by atoms with Gasteiger partial charge in [-0.15, -0.1) is 11.8 Å². The van der Waals surface area contributed by atoms with Crippen molar-refractivity contribution in [1.82, 2.24) is 4.90 Å². The molecule has 0 aromatic heterocycles. The monoisotopic (exact) mass is 225 g/mol. The van der Waals surface area contributed by atoms with Gasteiger partial charge in [-0.05, 0) is 31.4 Å². The number of nitrogens with zero attached hydrogens (tertiary/aromatic N) is 1. The molecule has 84 valence electrons. The minimum atomic E-state index is -0.210. The lowest BCUT2D eigenvalue weighted by atomic mass is 9.97. The van der Waals surface area contributed by atoms with Gasteiger partial charge in [0.05, 0.1) is 0 Å². The van der Waals surface area contributed by atoms with Crippen molar-refractivity contribution in [3.63, 3.8) is 0 Å². The van der Waals surface area contributed by atoms with Crippen LogP contribution in [0.25, 0.3) is 0 Å². The van der Waals surface area contributed by atoms with E-state index in [2.05, 4.69) is 24.9 Å². The van der Waals surface area contributed by atoms with E-state index in [9.17, 15) is 4.79 Å². The Bertz CT molecular complexity index is 296. The van der Waals surface area contributed by atoms with E-state index >= 15 is 0 Å². The summed E-state index contributed by atoms with van der Waals surface area (Å²) in [7, 11) is 0. The fraction of sp³-hybridized carbons (Fsp3) is 0.750. The molecule has 0 N–H and O–H groups in total. The quantitative estimate of drug-likeness (QED) is 0.736. The number of hydrogen-bond donors (Lipinski definition) is 0. The zero-order valence-corrected chi connectivity index (χ0v) is 10.4. The summed E-state index contributed by atoms with van der Waals surface area (Å²) in [5.41, 5.74) is 1.03. The Balaban J connectivity index is 2.28. The predicted molar refractivity (Wildman–Crippen MR) is 64.8 cm³/mol. The Kier molecular flexibility index (Phi) is 3.10. The van der Waals surface area contributed by atoms with E-state index in [1.165, 1.54) is 12.8 Å². The fourth-order valence-electron chi connectivity index (χ4n) is 2.59. The van der Waals surface area contributed by atoms with Gasteiger partial charge in [-0.25, -0.2) is 0 Å². The maximum absolute atomic E-state index is 12.4. The molecule has 1 atom stereocenters. The molecule has 0 aromatic carbocycles. The molecule has 1 fully saturated rings. The lowest BCUT2D eigenvalue weighted by molar-refractivity contribution is -0.120. The number of carbonyl (C=O) groups is 1. The zero-order chi connectivity index (χ0) is 10.9. The summed E-state index contributed by atoms with van der Waals surface area (Å²) in [6.07, 6.45) is 6.45. The molecule has 0 amide bonds. The van der Waals surface area contributed by atoms with Gasteiger partial charge in [0.15, 0.2) is 5.78 Å². The number of rotatable bonds is 3. The molecule has 2 aliphatic heterocycles. The van der Waals surface area contributed by atoms with Crippen molar-refractivity contribution in [2.75, 3.05) is 12.3 Å². The van der Waals surface area contributed by atoms with Crippen LogP contribution in [-0.2, 0) is 4.79 Å². The lowest BCUT2D eigenvalue weighted by Crippen LogP contribution is -2.48. The first-order chi connectivity index (χ1) is 7.24. The molecule has 0 spiro atoms. The van der Waals surface area contributed by atoms with E-state index in [0.717, 1.165) is 30.7 Å². The van der Waals surface area contributed by atoms with Gasteiger partial charge in [0.1, 0.15) is 4.87 Å². The second-order valence-electron chi connectivity index (χ2n) is 4.20. The number of carbonyl (C=O) groups excluding carboxylic acids is 1. The van der Waals surface area contributed by atoms with Gasteiger partial charge in [-0.3, -0.25) is 4.79 Å². The van der Waals surface area contributed by atoms with Crippen molar-refractivity contribution >= 4 is 17.5 Å². The molecule has 0 aliphatic carbocycles. The summed E-state index contributed by atoms with van der Waals surface area (Å²) in [6, 6.07) is 0. The molecule has 2 heterocycles. The molecule has 15 heavy (non-hydrogen) atoms. The van der Waals surface area contributed by atoms with E-state index in [1.54, 1.807) is 0 Å². The van der Waals surface area contributed by atoms with Crippen LogP contribution in [0.3, 0.4) is 0 Å². The molecule has 1 unspecified atom stereocenters. The minimum absolute atomic E-state index is 0.210. The molecule has 2 aliphatic rings. The number of hydrogen-bond acceptors (Lipinski definition) is 3. The van der Waals surface area contributed by atoms with E-state index in [4.69, 9.17) is 0 Å². The summed E-state index contributed by atoms with van der Waals surface area (Å²) in [5.74, 6) is 1.41. The Hall–Kier alpha value is -0.440. The Morgan fingerprint density at radius 3 is 2.93 bits per heavy atom. The van der Waals surface area contributed by atoms with E-state index in [-0.39, 0.29) is 4.87 Å². The van der Waals surface area contributed by atoms with Crippen molar-refractivity contribution in [2.45, 2.75) is 44.4 Å². The molecular formula is C12H19NOS. The van der Waals surface area contributed by atoms with Crippen LogP contribution in [0.4, 0.5) is 0 Å². The average Bonchev–Trinajstić information content (AvgIpc) is 2.53. The van der Waals surface area contributed by atoms with Crippen LogP contribution in [0.1, 0.15) is 39.5 Å². The van der Waals surface area contributed by atoms with Crippen LogP contribution in [0.2, 0.25) is 0 Å². The number of Topliss-reactive ketones (excluding diaryl/α,β-unsaturated/α-hetero) is 1. The highest BCUT2D eigenvalue weighted by atomic mass is 32.2. The predicted octanol–water partition coefficient (Wildman–Crippen LogP) is 2.80. The highest BCUT2D eigenvalue weighted by Crippen LogP contribution is 2.45. The van der Waals surface area contributed by atoms with Gasteiger partial charge in [-0.1, -0.05) is 13.8 Å². The van der Waals surface area contributed by atoms with Gasteiger partial charge in [0.2, 0.25) is 0 Å². The number of ketones is 1. The van der Waals surface area contributed by atoms with Gasteiger partial charge < -0.3 is 4.90 Å². The first-order valence-electron chi connectivity index (χ1n) is 5.90. The third-order valence-electron chi connectivity index (χ3n) is 3.35. The Morgan fingerprint density at radius 2 is 2.27 bits per heavy atom. The first-order valence-corrected chi connectivity index (χ1v) is 6.89. The normalized spacial score (nSPS) is 30.4. The largest absolute Gasteiger partial charge is 0.356 e. The molecule has 2 nitrogen and oxygen atoms in total. The highest BCUT2D eigenvalue weighted by molar-refractivity contribution is 8.01. The van der Waals surface area contributed by atoms with E-state index in [0.29, 0.717) is 5.78 Å². The number of thioether (sulfide) groups is 1. The van der Waals surface area contributed by atoms with Gasteiger partial charge in [-0.2, -0.15) is 0 Å². The van der Waals surface area contributed by atoms with Gasteiger partial charge >= 0.3 is 0 Å². The van der Waals surface area contributed by atoms with Crippen LogP contribution >= 0.6 is 11.8 Å². The summed E-state index contributed by atoms with van der Waals surface area (Å²) in [4.78, 5) is 14.4. The molecule has 0 radical (unpaired) electrons. The van der Waals surface area contributed by atoms with Crippen molar-refractivity contribution < 1.29 is 4.79 Å². The molecule has 0 aromatic rings. The Labute approximate surface area is 96.1 Å². The average molecular weight is 225 g/mol. The summed E-state index contributed by atoms with van der Waals surface area (Å²) in [6.45, 7) is 5.28. The maximum atomic E-state index is 12.4. The second-order valence-corrected chi connectivity index (χ2v) is 5.75. The van der Waals surface area contributed by atoms with Gasteiger partial charge in [0.25, 0.3) is 0 Å². The lowest BCUT2D eigenvalue weighted by Gasteiger charge is -2.41. The Morgan fingerprint density at radius 1 is 1.47 bits per heavy atom. The molecular weight excluding hydrogens is 206 g/mol. The fourth-order valence-corrected chi connectivity index (χ4v) is 3.93. The minimum Gasteiger partial charge on any atom is -0.356 e. The first kappa shape index (κ1) is 11.1. The molecule has 1 saturated heterocycles. The van der Waals surface area contributed by atoms with Crippen LogP contribution in [0, 0.1) is 0 Å². The van der Waals surface area contributed by atoms with Crippen molar-refractivity contribution in [2.24, 2.45) is 0 Å². The zero-order valence-electron chi connectivity index (χ0n) is 9.58. The molecule has 0 saturated carbocycles. The number of fused-ring (bicyclic) bond motifs is 1. The second kappa shape index (κ2) is 4.20. The van der Waals surface area contributed by atoms with Crippen LogP contribution in [0.15, 0.2) is 11.8 Å². The molecule has 3 heteroatoms.